The predicted octanol–water partition coefficient (Wildman–Crippen LogP) is 3.04. The first-order valence-electron chi connectivity index (χ1n) is 10.6. The smallest absolute Gasteiger partial charge is 0.225 e. The molecule has 1 aromatic carbocycles. The van der Waals surface area contributed by atoms with Crippen LogP contribution in [0.3, 0.4) is 0 Å². The van der Waals surface area contributed by atoms with Gasteiger partial charge in [-0.3, -0.25) is 9.69 Å². The minimum absolute atomic E-state index is 0.0363. The van der Waals surface area contributed by atoms with Crippen molar-refractivity contribution in [2.75, 3.05) is 45.3 Å². The predicted molar refractivity (Wildman–Crippen MR) is 112 cm³/mol. The van der Waals surface area contributed by atoms with Crippen molar-refractivity contribution in [3.63, 3.8) is 0 Å². The summed E-state index contributed by atoms with van der Waals surface area (Å²) in [6, 6.07) is 7.58. The van der Waals surface area contributed by atoms with E-state index in [-0.39, 0.29) is 17.5 Å². The number of anilines is 1. The third-order valence-corrected chi connectivity index (χ3v) is 6.11. The third-order valence-electron chi connectivity index (χ3n) is 6.11. The van der Waals surface area contributed by atoms with Gasteiger partial charge in [0.25, 0.3) is 0 Å². The fraction of sp³-hybridized carbons (Fsp3) is 0.682. The van der Waals surface area contributed by atoms with Gasteiger partial charge in [-0.2, -0.15) is 0 Å². The number of hydrogen-bond acceptors (Lipinski definition) is 5. The van der Waals surface area contributed by atoms with Crippen molar-refractivity contribution in [2.24, 2.45) is 0 Å². The molecule has 3 rings (SSSR count). The molecule has 156 valence electrons. The van der Waals surface area contributed by atoms with Gasteiger partial charge in [-0.15, -0.1) is 0 Å². The number of nitrogens with zero attached hydrogens (tertiary/aromatic N) is 1. The van der Waals surface area contributed by atoms with Crippen LogP contribution in [-0.4, -0.2) is 62.3 Å². The van der Waals surface area contributed by atoms with Crippen LogP contribution in [0.5, 0.6) is 5.75 Å². The van der Waals surface area contributed by atoms with Crippen LogP contribution in [0, 0.1) is 0 Å². The third kappa shape index (κ3) is 5.69. The molecule has 2 fully saturated rings. The summed E-state index contributed by atoms with van der Waals surface area (Å²) >= 11 is 0. The van der Waals surface area contributed by atoms with Gasteiger partial charge in [-0.25, -0.2) is 0 Å². The zero-order chi connectivity index (χ0) is 19.8. The van der Waals surface area contributed by atoms with E-state index in [0.29, 0.717) is 6.42 Å². The molecule has 1 amide bonds. The van der Waals surface area contributed by atoms with Gasteiger partial charge >= 0.3 is 0 Å². The van der Waals surface area contributed by atoms with Gasteiger partial charge < -0.3 is 20.1 Å². The van der Waals surface area contributed by atoms with Gasteiger partial charge in [0, 0.05) is 43.3 Å². The van der Waals surface area contributed by atoms with Crippen molar-refractivity contribution in [1.29, 1.82) is 0 Å². The molecule has 0 unspecified atom stereocenters. The van der Waals surface area contributed by atoms with Crippen molar-refractivity contribution in [3.05, 3.63) is 24.3 Å². The second-order valence-electron chi connectivity index (χ2n) is 8.15. The zero-order valence-electron chi connectivity index (χ0n) is 17.3. The highest BCUT2D eigenvalue weighted by Gasteiger charge is 2.38. The molecular formula is C22H35N3O3. The molecule has 0 spiro atoms. The van der Waals surface area contributed by atoms with Crippen LogP contribution in [0.1, 0.15) is 45.4 Å². The Hall–Kier alpha value is -1.63. The average Bonchev–Trinajstić information content (AvgIpc) is 2.74. The molecule has 1 aliphatic carbocycles. The van der Waals surface area contributed by atoms with E-state index in [2.05, 4.69) is 22.5 Å². The molecule has 1 aliphatic heterocycles. The first-order valence-corrected chi connectivity index (χ1v) is 10.6. The summed E-state index contributed by atoms with van der Waals surface area (Å²) in [7, 11) is 1.64. The molecule has 1 saturated heterocycles. The Morgan fingerprint density at radius 2 is 1.86 bits per heavy atom. The van der Waals surface area contributed by atoms with Gasteiger partial charge in [0.1, 0.15) is 5.75 Å². The number of nitrogens with one attached hydrogen (secondary N) is 2. The fourth-order valence-corrected chi connectivity index (χ4v) is 4.45. The van der Waals surface area contributed by atoms with Crippen molar-refractivity contribution in [3.8, 4) is 5.75 Å². The topological polar surface area (TPSA) is 62.8 Å². The van der Waals surface area contributed by atoms with Crippen LogP contribution < -0.4 is 15.4 Å². The summed E-state index contributed by atoms with van der Waals surface area (Å²) < 4.78 is 10.7. The highest BCUT2D eigenvalue weighted by molar-refractivity contribution is 5.91. The van der Waals surface area contributed by atoms with Crippen molar-refractivity contribution >= 4 is 11.6 Å². The number of carbonyl (C=O) groups is 1. The maximum atomic E-state index is 12.4. The van der Waals surface area contributed by atoms with Gasteiger partial charge in [0.2, 0.25) is 5.91 Å². The van der Waals surface area contributed by atoms with Crippen molar-refractivity contribution in [2.45, 2.75) is 57.0 Å². The molecule has 2 N–H and O–H groups in total. The first-order chi connectivity index (χ1) is 13.6. The summed E-state index contributed by atoms with van der Waals surface area (Å²) in [6.45, 7) is 6.76. The van der Waals surface area contributed by atoms with Crippen LogP contribution in [0.25, 0.3) is 0 Å². The van der Waals surface area contributed by atoms with Crippen LogP contribution in [0.15, 0.2) is 24.3 Å². The van der Waals surface area contributed by atoms with E-state index in [0.717, 1.165) is 44.3 Å². The van der Waals surface area contributed by atoms with Crippen LogP contribution >= 0.6 is 0 Å². The minimum Gasteiger partial charge on any atom is -0.497 e. The number of morpholine rings is 1. The normalized spacial score (nSPS) is 21.1. The first kappa shape index (κ1) is 21.1. The molecular weight excluding hydrogens is 354 g/mol. The standard InChI is InChI=1S/C22H35N3O3/c1-18(16-21(26)24-19-6-8-20(27-2)9-7-19)23-17-22(10-4-3-5-11-22)25-12-14-28-15-13-25/h6-9,18,23H,3-5,10-17H2,1-2H3,(H,24,26)/t18-/m1/s1. The number of rotatable bonds is 8. The largest absolute Gasteiger partial charge is 0.497 e. The Kier molecular flexibility index (Phi) is 7.71. The van der Waals surface area contributed by atoms with Crippen molar-refractivity contribution in [1.82, 2.24) is 10.2 Å². The van der Waals surface area contributed by atoms with Crippen LogP contribution in [0.4, 0.5) is 5.69 Å². The van der Waals surface area contributed by atoms with E-state index < -0.39 is 0 Å². The Bertz CT molecular complexity index is 608. The minimum atomic E-state index is 0.0363. The van der Waals surface area contributed by atoms with Crippen LogP contribution in [0.2, 0.25) is 0 Å². The van der Waals surface area contributed by atoms with Gasteiger partial charge in [-0.05, 0) is 44.0 Å². The molecule has 0 aromatic heterocycles. The van der Waals surface area contributed by atoms with E-state index in [4.69, 9.17) is 9.47 Å². The monoisotopic (exact) mass is 389 g/mol. The molecule has 1 saturated carbocycles. The second kappa shape index (κ2) is 10.2. The Morgan fingerprint density at radius 1 is 1.18 bits per heavy atom. The molecule has 6 nitrogen and oxygen atoms in total. The summed E-state index contributed by atoms with van der Waals surface area (Å²) in [6.07, 6.45) is 6.88. The second-order valence-corrected chi connectivity index (χ2v) is 8.15. The highest BCUT2D eigenvalue weighted by Crippen LogP contribution is 2.34. The van der Waals surface area contributed by atoms with E-state index in [1.165, 1.54) is 32.1 Å². The highest BCUT2D eigenvalue weighted by atomic mass is 16.5. The van der Waals surface area contributed by atoms with Crippen LogP contribution in [-0.2, 0) is 9.53 Å². The van der Waals surface area contributed by atoms with E-state index >= 15 is 0 Å². The molecule has 0 bridgehead atoms. The van der Waals surface area contributed by atoms with Crippen molar-refractivity contribution < 1.29 is 14.3 Å². The molecule has 0 radical (unpaired) electrons. The van der Waals surface area contributed by atoms with E-state index in [1.54, 1.807) is 7.11 Å². The lowest BCUT2D eigenvalue weighted by Crippen LogP contribution is -2.60. The summed E-state index contributed by atoms with van der Waals surface area (Å²) in [5.74, 6) is 0.822. The van der Waals surface area contributed by atoms with Gasteiger partial charge in [-0.1, -0.05) is 19.3 Å². The van der Waals surface area contributed by atoms with Gasteiger partial charge in [0.05, 0.1) is 20.3 Å². The Balaban J connectivity index is 1.49. The number of methoxy groups -OCH3 is 1. The maximum Gasteiger partial charge on any atom is 0.225 e. The molecule has 1 heterocycles. The quantitative estimate of drug-likeness (QED) is 0.716. The lowest BCUT2D eigenvalue weighted by Gasteiger charge is -2.48. The summed E-state index contributed by atoms with van der Waals surface area (Å²) in [5, 5.41) is 6.64. The maximum absolute atomic E-state index is 12.4. The molecule has 6 heteroatoms. The lowest BCUT2D eigenvalue weighted by molar-refractivity contribution is -0.116. The molecule has 2 aliphatic rings. The number of amides is 1. The zero-order valence-corrected chi connectivity index (χ0v) is 17.3. The lowest BCUT2D eigenvalue weighted by atomic mass is 9.79. The number of hydrogen-bond donors (Lipinski definition) is 2. The summed E-state index contributed by atoms with van der Waals surface area (Å²) in [5.41, 5.74) is 1.03. The van der Waals surface area contributed by atoms with E-state index in [9.17, 15) is 4.79 Å². The number of benzene rings is 1. The van der Waals surface area contributed by atoms with E-state index in [1.807, 2.05) is 24.3 Å². The van der Waals surface area contributed by atoms with Gasteiger partial charge in [0.15, 0.2) is 0 Å². The Morgan fingerprint density at radius 3 is 2.50 bits per heavy atom. The molecule has 1 aromatic rings. The molecule has 28 heavy (non-hydrogen) atoms. The molecule has 1 atom stereocenters. The summed E-state index contributed by atoms with van der Waals surface area (Å²) in [4.78, 5) is 15.0. The number of carbonyl (C=O) groups excluding carboxylic acids is 1. The number of ether oxygens (including phenoxy) is 2. The SMILES string of the molecule is COc1ccc(NC(=O)C[C@@H](C)NCC2(N3CCOCC3)CCCCC2)cc1. The fourth-order valence-electron chi connectivity index (χ4n) is 4.45. The Labute approximate surface area is 169 Å². The average molecular weight is 390 g/mol.